The molecule has 0 saturated carbocycles. The Morgan fingerprint density at radius 1 is 1.25 bits per heavy atom. The highest BCUT2D eigenvalue weighted by molar-refractivity contribution is 5.73. The molecule has 1 aromatic heterocycles. The lowest BCUT2D eigenvalue weighted by Gasteiger charge is -2.21. The maximum Gasteiger partial charge on any atom is 0.416 e. The van der Waals surface area contributed by atoms with Crippen LogP contribution in [0, 0.1) is 18.3 Å². The number of aryl methyl sites for hydroxylation is 1. The van der Waals surface area contributed by atoms with Gasteiger partial charge in [-0.1, -0.05) is 19.8 Å². The van der Waals surface area contributed by atoms with Crippen LogP contribution < -0.4 is 9.64 Å². The summed E-state index contributed by atoms with van der Waals surface area (Å²) in [5.74, 6) is 1.63. The Hall–Kier alpha value is -2.82. The Bertz CT molecular complexity index is 906. The highest BCUT2D eigenvalue weighted by atomic mass is 19.4. The second kappa shape index (κ2) is 8.05. The molecule has 2 heterocycles. The van der Waals surface area contributed by atoms with Crippen molar-refractivity contribution in [3.8, 4) is 11.9 Å². The lowest BCUT2D eigenvalue weighted by atomic mass is 10.1. The molecule has 0 amide bonds. The molecule has 28 heavy (non-hydrogen) atoms. The normalized spacial score (nSPS) is 13.4. The maximum absolute atomic E-state index is 13.0. The molecule has 0 fully saturated rings. The third kappa shape index (κ3) is 4.03. The van der Waals surface area contributed by atoms with Gasteiger partial charge in [0.05, 0.1) is 29.0 Å². The molecule has 0 unspecified atom stereocenters. The highest BCUT2D eigenvalue weighted by Crippen LogP contribution is 2.40. The van der Waals surface area contributed by atoms with Crippen LogP contribution in [0.3, 0.4) is 0 Å². The molecular formula is C20H21F3N4O. The minimum atomic E-state index is -4.49. The molecule has 0 N–H and O–H groups in total. The van der Waals surface area contributed by atoms with Gasteiger partial charge in [-0.05, 0) is 38.0 Å². The molecule has 8 heteroatoms. The number of hydrogen-bond acceptors (Lipinski definition) is 5. The van der Waals surface area contributed by atoms with E-state index in [1.807, 2.05) is 6.07 Å². The molecule has 0 atom stereocenters. The van der Waals surface area contributed by atoms with Crippen molar-refractivity contribution < 1.29 is 17.9 Å². The molecule has 5 nitrogen and oxygen atoms in total. The molecule has 0 radical (unpaired) electrons. The van der Waals surface area contributed by atoms with Gasteiger partial charge in [0, 0.05) is 6.54 Å². The molecule has 148 valence electrons. The van der Waals surface area contributed by atoms with E-state index in [-0.39, 0.29) is 5.56 Å². The van der Waals surface area contributed by atoms with E-state index in [9.17, 15) is 18.4 Å². The Balaban J connectivity index is 1.94. The van der Waals surface area contributed by atoms with Crippen molar-refractivity contribution in [1.82, 2.24) is 9.97 Å². The average molecular weight is 390 g/mol. The number of anilines is 2. The van der Waals surface area contributed by atoms with Crippen molar-refractivity contribution >= 4 is 11.5 Å². The van der Waals surface area contributed by atoms with Crippen molar-refractivity contribution in [2.24, 2.45) is 0 Å². The van der Waals surface area contributed by atoms with E-state index in [1.165, 1.54) is 6.07 Å². The van der Waals surface area contributed by atoms with E-state index < -0.39 is 11.7 Å². The van der Waals surface area contributed by atoms with E-state index in [2.05, 4.69) is 16.9 Å². The monoisotopic (exact) mass is 390 g/mol. The van der Waals surface area contributed by atoms with Crippen LogP contribution >= 0.6 is 0 Å². The molecule has 0 saturated heterocycles. The molecule has 1 aliphatic heterocycles. The fourth-order valence-electron chi connectivity index (χ4n) is 3.24. The molecule has 0 bridgehead atoms. The first kappa shape index (κ1) is 19.9. The van der Waals surface area contributed by atoms with Crippen molar-refractivity contribution in [1.29, 1.82) is 5.26 Å². The maximum atomic E-state index is 13.0. The van der Waals surface area contributed by atoms with Crippen molar-refractivity contribution in [2.45, 2.75) is 45.7 Å². The number of aromatic nitrogens is 2. The lowest BCUT2D eigenvalue weighted by Crippen LogP contribution is -2.17. The number of unbranched alkanes of at least 4 members (excludes halogenated alkanes) is 2. The zero-order chi connectivity index (χ0) is 20.3. The van der Waals surface area contributed by atoms with Crippen LogP contribution in [0.25, 0.3) is 0 Å². The molecule has 0 spiro atoms. The Labute approximate surface area is 161 Å². The summed E-state index contributed by atoms with van der Waals surface area (Å²) in [7, 11) is 0. The topological polar surface area (TPSA) is 62.0 Å². The zero-order valence-corrected chi connectivity index (χ0v) is 15.8. The largest absolute Gasteiger partial charge is 0.477 e. The Morgan fingerprint density at radius 2 is 2.04 bits per heavy atom. The summed E-state index contributed by atoms with van der Waals surface area (Å²) in [4.78, 5) is 10.6. The quantitative estimate of drug-likeness (QED) is 0.654. The average Bonchev–Trinajstić information content (AvgIpc) is 3.07. The summed E-state index contributed by atoms with van der Waals surface area (Å²) < 4.78 is 44.8. The summed E-state index contributed by atoms with van der Waals surface area (Å²) in [6.07, 6.45) is -0.816. The first-order chi connectivity index (χ1) is 13.3. The van der Waals surface area contributed by atoms with Crippen LogP contribution in [0.5, 0.6) is 5.88 Å². The SMILES string of the molecule is CCCCCOc1nc(C)nc2c1CCN2c1ccc(C(F)(F)F)cc1C#N. The van der Waals surface area contributed by atoms with Crippen molar-refractivity contribution in [2.75, 3.05) is 18.1 Å². The minimum Gasteiger partial charge on any atom is -0.477 e. The van der Waals surface area contributed by atoms with Crippen LogP contribution in [0.15, 0.2) is 18.2 Å². The molecule has 2 aromatic rings. The number of ether oxygens (including phenoxy) is 1. The first-order valence-electron chi connectivity index (χ1n) is 9.24. The molecular weight excluding hydrogens is 369 g/mol. The number of hydrogen-bond donors (Lipinski definition) is 0. The summed E-state index contributed by atoms with van der Waals surface area (Å²) in [6, 6.07) is 5.08. The zero-order valence-electron chi connectivity index (χ0n) is 15.8. The Morgan fingerprint density at radius 3 is 2.71 bits per heavy atom. The number of benzene rings is 1. The van der Waals surface area contributed by atoms with Gasteiger partial charge in [-0.2, -0.15) is 23.4 Å². The number of halogens is 3. The summed E-state index contributed by atoms with van der Waals surface area (Å²) in [5.41, 5.74) is 0.352. The van der Waals surface area contributed by atoms with Gasteiger partial charge in [0.15, 0.2) is 0 Å². The van der Waals surface area contributed by atoms with Gasteiger partial charge in [0.25, 0.3) is 0 Å². The predicted molar refractivity (Wildman–Crippen MR) is 98.7 cm³/mol. The molecule has 0 aliphatic carbocycles. The fourth-order valence-corrected chi connectivity index (χ4v) is 3.24. The number of nitriles is 1. The second-order valence-corrected chi connectivity index (χ2v) is 6.68. The van der Waals surface area contributed by atoms with Crippen LogP contribution in [0.2, 0.25) is 0 Å². The first-order valence-corrected chi connectivity index (χ1v) is 9.24. The number of fused-ring (bicyclic) bond motifs is 1. The van der Waals surface area contributed by atoms with Crippen LogP contribution in [0.4, 0.5) is 24.7 Å². The van der Waals surface area contributed by atoms with Gasteiger partial charge >= 0.3 is 6.18 Å². The predicted octanol–water partition coefficient (Wildman–Crippen LogP) is 4.94. The van der Waals surface area contributed by atoms with Gasteiger partial charge in [-0.15, -0.1) is 0 Å². The molecule has 3 rings (SSSR count). The third-order valence-corrected chi connectivity index (χ3v) is 4.62. The van der Waals surface area contributed by atoms with Crippen LogP contribution in [0.1, 0.15) is 48.7 Å². The summed E-state index contributed by atoms with van der Waals surface area (Å²) >= 11 is 0. The minimum absolute atomic E-state index is 0.0376. The van der Waals surface area contributed by atoms with E-state index >= 15 is 0 Å². The third-order valence-electron chi connectivity index (χ3n) is 4.62. The smallest absolute Gasteiger partial charge is 0.416 e. The van der Waals surface area contributed by atoms with Crippen molar-refractivity contribution in [3.63, 3.8) is 0 Å². The van der Waals surface area contributed by atoms with Crippen LogP contribution in [-0.2, 0) is 12.6 Å². The van der Waals surface area contributed by atoms with Gasteiger partial charge in [0.2, 0.25) is 5.88 Å². The van der Waals surface area contributed by atoms with Gasteiger partial charge in [0.1, 0.15) is 17.7 Å². The number of nitrogens with zero attached hydrogens (tertiary/aromatic N) is 4. The number of rotatable bonds is 6. The lowest BCUT2D eigenvalue weighted by molar-refractivity contribution is -0.137. The van der Waals surface area contributed by atoms with E-state index in [0.717, 1.165) is 37.0 Å². The fraction of sp³-hybridized carbons (Fsp3) is 0.450. The van der Waals surface area contributed by atoms with Crippen molar-refractivity contribution in [3.05, 3.63) is 40.7 Å². The van der Waals surface area contributed by atoms with E-state index in [4.69, 9.17) is 4.74 Å². The van der Waals surface area contributed by atoms with Gasteiger partial charge in [-0.25, -0.2) is 4.98 Å². The molecule has 1 aliphatic rings. The van der Waals surface area contributed by atoms with E-state index in [1.54, 1.807) is 11.8 Å². The standard InChI is InChI=1S/C20H21F3N4O/c1-3-4-5-10-28-19-16-8-9-27(18(16)25-13(2)26-19)17-7-6-15(20(21,22)23)11-14(17)12-24/h6-7,11H,3-5,8-10H2,1-2H3. The van der Waals surface area contributed by atoms with Crippen LogP contribution in [-0.4, -0.2) is 23.1 Å². The molecule has 1 aromatic carbocycles. The highest BCUT2D eigenvalue weighted by Gasteiger charge is 2.33. The second-order valence-electron chi connectivity index (χ2n) is 6.68. The Kier molecular flexibility index (Phi) is 5.73. The van der Waals surface area contributed by atoms with E-state index in [0.29, 0.717) is 42.8 Å². The summed E-state index contributed by atoms with van der Waals surface area (Å²) in [6.45, 7) is 4.91. The van der Waals surface area contributed by atoms with Gasteiger partial charge in [-0.3, -0.25) is 0 Å². The number of alkyl halides is 3. The summed E-state index contributed by atoms with van der Waals surface area (Å²) in [5, 5.41) is 9.39. The van der Waals surface area contributed by atoms with Gasteiger partial charge < -0.3 is 9.64 Å².